The number of aromatic nitrogens is 1. The molecule has 94 valence electrons. The number of carbonyl (C=O) groups is 1. The average molecular weight is 242 g/mol. The summed E-state index contributed by atoms with van der Waals surface area (Å²) in [5.41, 5.74) is 5.94. The van der Waals surface area contributed by atoms with E-state index in [1.54, 1.807) is 0 Å². The van der Waals surface area contributed by atoms with Gasteiger partial charge in [0.05, 0.1) is 0 Å². The van der Waals surface area contributed by atoms with Crippen LogP contribution >= 0.6 is 0 Å². The zero-order valence-corrected chi connectivity index (χ0v) is 11.0. The Morgan fingerprint density at radius 2 is 2.06 bits per heavy atom. The molecule has 0 atom stereocenters. The van der Waals surface area contributed by atoms with E-state index in [4.69, 9.17) is 0 Å². The van der Waals surface area contributed by atoms with Crippen molar-refractivity contribution in [1.29, 1.82) is 0 Å². The fourth-order valence-corrected chi connectivity index (χ4v) is 2.96. The molecular formula is C15H18N2O. The Bertz CT molecular complexity index is 546. The van der Waals surface area contributed by atoms with Crippen molar-refractivity contribution in [2.45, 2.75) is 39.5 Å². The third kappa shape index (κ3) is 1.84. The second kappa shape index (κ2) is 4.23. The van der Waals surface area contributed by atoms with E-state index < -0.39 is 0 Å². The number of hydrogen-bond donors (Lipinski definition) is 0. The molecule has 0 saturated carbocycles. The van der Waals surface area contributed by atoms with E-state index >= 15 is 0 Å². The second-order valence-corrected chi connectivity index (χ2v) is 5.23. The molecule has 0 N–H and O–H groups in total. The molecular weight excluding hydrogens is 224 g/mol. The van der Waals surface area contributed by atoms with Gasteiger partial charge in [-0.2, -0.15) is 0 Å². The summed E-state index contributed by atoms with van der Waals surface area (Å²) in [7, 11) is 0. The van der Waals surface area contributed by atoms with Crippen LogP contribution in [0.5, 0.6) is 0 Å². The third-order valence-corrected chi connectivity index (χ3v) is 3.82. The van der Waals surface area contributed by atoms with Crippen LogP contribution in [-0.2, 0) is 11.2 Å². The highest BCUT2D eigenvalue weighted by Gasteiger charge is 2.26. The number of rotatable bonds is 1. The molecule has 0 aromatic carbocycles. The minimum absolute atomic E-state index is 0.280. The van der Waals surface area contributed by atoms with Crippen LogP contribution in [0.3, 0.4) is 0 Å². The Kier molecular flexibility index (Phi) is 2.69. The zero-order chi connectivity index (χ0) is 12.7. The van der Waals surface area contributed by atoms with E-state index in [1.807, 2.05) is 11.8 Å². The van der Waals surface area contributed by atoms with Crippen molar-refractivity contribution in [3.8, 4) is 0 Å². The Morgan fingerprint density at radius 3 is 2.78 bits per heavy atom. The van der Waals surface area contributed by atoms with Gasteiger partial charge < -0.3 is 4.90 Å². The van der Waals surface area contributed by atoms with Crippen molar-refractivity contribution < 1.29 is 4.79 Å². The number of hydrogen-bond acceptors (Lipinski definition) is 2. The lowest BCUT2D eigenvalue weighted by atomic mass is 9.95. The van der Waals surface area contributed by atoms with Crippen molar-refractivity contribution in [3.05, 3.63) is 34.3 Å². The summed E-state index contributed by atoms with van der Waals surface area (Å²) in [6, 6.07) is 2.12. The molecule has 3 rings (SSSR count). The minimum atomic E-state index is 0.280. The molecule has 1 amide bonds. The maximum atomic E-state index is 11.8. The fourth-order valence-electron chi connectivity index (χ4n) is 2.96. The fraction of sp³-hybridized carbons (Fsp3) is 0.467. The van der Waals surface area contributed by atoms with Gasteiger partial charge in [-0.1, -0.05) is 0 Å². The van der Waals surface area contributed by atoms with Crippen LogP contribution in [-0.4, -0.2) is 22.3 Å². The number of fused-ring (bicyclic) bond motifs is 1. The maximum Gasteiger partial charge on any atom is 0.226 e. The van der Waals surface area contributed by atoms with E-state index in [2.05, 4.69) is 24.1 Å². The standard InChI is InChI=1S/C15H18N2O/c1-10-8-11(2)16-14-6-5-12(9-13(10)14)17-7-3-4-15(17)18/h8-9H,3-7H2,1-2H3. The molecule has 1 saturated heterocycles. The van der Waals surface area contributed by atoms with Crippen molar-refractivity contribution in [3.63, 3.8) is 0 Å². The predicted octanol–water partition coefficient (Wildman–Crippen LogP) is 2.61. The molecule has 2 aliphatic rings. The third-order valence-electron chi connectivity index (χ3n) is 3.82. The first-order valence-electron chi connectivity index (χ1n) is 6.63. The van der Waals surface area contributed by atoms with Gasteiger partial charge in [0.25, 0.3) is 0 Å². The van der Waals surface area contributed by atoms with Crippen molar-refractivity contribution in [1.82, 2.24) is 9.88 Å². The monoisotopic (exact) mass is 242 g/mol. The quantitative estimate of drug-likeness (QED) is 0.758. The summed E-state index contributed by atoms with van der Waals surface area (Å²) in [5, 5.41) is 0. The van der Waals surface area contributed by atoms with Crippen LogP contribution in [0.15, 0.2) is 11.8 Å². The van der Waals surface area contributed by atoms with E-state index in [1.165, 1.54) is 22.5 Å². The van der Waals surface area contributed by atoms with Gasteiger partial charge in [-0.15, -0.1) is 0 Å². The highest BCUT2D eigenvalue weighted by molar-refractivity contribution is 5.81. The average Bonchev–Trinajstić information content (AvgIpc) is 2.75. The molecule has 1 aromatic heterocycles. The van der Waals surface area contributed by atoms with E-state index in [0.29, 0.717) is 6.42 Å². The molecule has 3 heteroatoms. The van der Waals surface area contributed by atoms with Crippen molar-refractivity contribution >= 4 is 12.0 Å². The van der Waals surface area contributed by atoms with E-state index in [0.717, 1.165) is 31.5 Å². The van der Waals surface area contributed by atoms with Crippen LogP contribution in [0.2, 0.25) is 0 Å². The summed E-state index contributed by atoms with van der Waals surface area (Å²) >= 11 is 0. The summed E-state index contributed by atoms with van der Waals surface area (Å²) in [5.74, 6) is 0.280. The molecule has 1 aromatic rings. The number of amides is 1. The first-order valence-corrected chi connectivity index (χ1v) is 6.63. The lowest BCUT2D eigenvalue weighted by molar-refractivity contribution is -0.126. The van der Waals surface area contributed by atoms with Gasteiger partial charge in [-0.3, -0.25) is 9.78 Å². The lowest BCUT2D eigenvalue weighted by Crippen LogP contribution is -2.25. The van der Waals surface area contributed by atoms with Gasteiger partial charge in [0.15, 0.2) is 0 Å². The normalized spacial score (nSPS) is 18.9. The second-order valence-electron chi connectivity index (χ2n) is 5.23. The Balaban J connectivity index is 2.00. The molecule has 18 heavy (non-hydrogen) atoms. The van der Waals surface area contributed by atoms with Gasteiger partial charge in [0, 0.05) is 35.6 Å². The Hall–Kier alpha value is -1.64. The zero-order valence-electron chi connectivity index (χ0n) is 11.0. The van der Waals surface area contributed by atoms with Gasteiger partial charge >= 0.3 is 0 Å². The highest BCUT2D eigenvalue weighted by Crippen LogP contribution is 2.29. The smallest absolute Gasteiger partial charge is 0.226 e. The maximum absolute atomic E-state index is 11.8. The molecule has 0 bridgehead atoms. The van der Waals surface area contributed by atoms with E-state index in [9.17, 15) is 4.79 Å². The highest BCUT2D eigenvalue weighted by atomic mass is 16.2. The van der Waals surface area contributed by atoms with Crippen molar-refractivity contribution in [2.75, 3.05) is 6.54 Å². The van der Waals surface area contributed by atoms with Gasteiger partial charge in [0.1, 0.15) is 0 Å². The molecule has 0 spiro atoms. The molecule has 2 heterocycles. The van der Waals surface area contributed by atoms with Crippen LogP contribution in [0.25, 0.3) is 6.08 Å². The first-order chi connectivity index (χ1) is 8.65. The summed E-state index contributed by atoms with van der Waals surface area (Å²) in [6.45, 7) is 5.05. The van der Waals surface area contributed by atoms with Gasteiger partial charge in [-0.25, -0.2) is 0 Å². The number of aryl methyl sites for hydroxylation is 3. The number of nitrogens with zero attached hydrogens (tertiary/aromatic N) is 2. The van der Waals surface area contributed by atoms with Gasteiger partial charge in [-0.05, 0) is 50.8 Å². The van der Waals surface area contributed by atoms with Gasteiger partial charge in [0.2, 0.25) is 5.91 Å². The number of likely N-dealkylation sites (tertiary alicyclic amines) is 1. The molecule has 1 fully saturated rings. The Labute approximate surface area is 108 Å². The SMILES string of the molecule is Cc1cc(C)c2c(n1)CCC(N1CCCC1=O)=C2. The summed E-state index contributed by atoms with van der Waals surface area (Å²) in [4.78, 5) is 18.4. The van der Waals surface area contributed by atoms with Crippen molar-refractivity contribution in [2.24, 2.45) is 0 Å². The van der Waals surface area contributed by atoms with Crippen LogP contribution in [0.1, 0.15) is 41.8 Å². The minimum Gasteiger partial charge on any atom is -0.316 e. The molecule has 1 aliphatic carbocycles. The predicted molar refractivity (Wildman–Crippen MR) is 71.0 cm³/mol. The largest absolute Gasteiger partial charge is 0.316 e. The lowest BCUT2D eigenvalue weighted by Gasteiger charge is -2.24. The topological polar surface area (TPSA) is 33.2 Å². The van der Waals surface area contributed by atoms with E-state index in [-0.39, 0.29) is 5.91 Å². The first kappa shape index (κ1) is 11.5. The molecule has 0 unspecified atom stereocenters. The summed E-state index contributed by atoms with van der Waals surface area (Å²) < 4.78 is 0. The number of carbonyl (C=O) groups excluding carboxylic acids is 1. The van der Waals surface area contributed by atoms with Crippen LogP contribution in [0, 0.1) is 13.8 Å². The number of pyridine rings is 1. The molecule has 1 aliphatic heterocycles. The number of allylic oxidation sites excluding steroid dienone is 1. The Morgan fingerprint density at radius 1 is 1.22 bits per heavy atom. The molecule has 3 nitrogen and oxygen atoms in total. The summed E-state index contributed by atoms with van der Waals surface area (Å²) in [6.07, 6.45) is 5.76. The van der Waals surface area contributed by atoms with Crippen LogP contribution in [0.4, 0.5) is 0 Å². The van der Waals surface area contributed by atoms with Crippen LogP contribution < -0.4 is 0 Å². The molecule has 0 radical (unpaired) electrons.